The highest BCUT2D eigenvalue weighted by molar-refractivity contribution is 7.19. The molecule has 1 N–H and O–H groups in total. The molecule has 7 rings (SSSR count). The van der Waals surface area contributed by atoms with Crippen LogP contribution in [-0.2, 0) is 24.5 Å². The summed E-state index contributed by atoms with van der Waals surface area (Å²) in [6, 6.07) is 23.7. The molecule has 1 aliphatic carbocycles. The molecule has 0 atom stereocenters. The lowest BCUT2D eigenvalue weighted by Gasteiger charge is -2.29. The van der Waals surface area contributed by atoms with Crippen LogP contribution in [0.3, 0.4) is 0 Å². The molecule has 0 fully saturated rings. The van der Waals surface area contributed by atoms with Crippen molar-refractivity contribution in [1.82, 2.24) is 9.99 Å². The number of halogens is 3. The molecule has 0 saturated carbocycles. The van der Waals surface area contributed by atoms with E-state index in [1.54, 1.807) is 11.3 Å². The summed E-state index contributed by atoms with van der Waals surface area (Å²) in [6.07, 6.45) is 1.22. The second-order valence-corrected chi connectivity index (χ2v) is 15.2. The Kier molecular flexibility index (Phi) is 10.2. The minimum Gasteiger partial charge on any atom is -0.506 e. The van der Waals surface area contributed by atoms with Gasteiger partial charge in [0.05, 0.1) is 33.5 Å². The van der Waals surface area contributed by atoms with Gasteiger partial charge in [0.2, 0.25) is 5.78 Å². The first-order valence-electron chi connectivity index (χ1n) is 17.9. The number of ketones is 1. The highest BCUT2D eigenvalue weighted by Gasteiger charge is 2.51. The van der Waals surface area contributed by atoms with Gasteiger partial charge in [-0.2, -0.15) is 18.3 Å². The van der Waals surface area contributed by atoms with Crippen molar-refractivity contribution in [2.24, 2.45) is 5.10 Å². The Morgan fingerprint density at radius 2 is 1.71 bits per heavy atom. The molecule has 10 nitrogen and oxygen atoms in total. The zero-order chi connectivity index (χ0) is 39.9. The van der Waals surface area contributed by atoms with Gasteiger partial charge in [0.1, 0.15) is 17.4 Å². The number of anilines is 2. The normalized spacial score (nSPS) is 18.7. The third-order valence-electron chi connectivity index (χ3n) is 10.1. The van der Waals surface area contributed by atoms with Gasteiger partial charge in [-0.3, -0.25) is 14.4 Å². The molecule has 0 bridgehead atoms. The van der Waals surface area contributed by atoms with E-state index in [0.29, 0.717) is 23.7 Å². The van der Waals surface area contributed by atoms with Crippen molar-refractivity contribution in [2.75, 3.05) is 43.6 Å². The number of Topliss-reactive ketones (excluding diaryl/α,β-unsaturated/α-hetero) is 1. The first kappa shape index (κ1) is 38.3. The van der Waals surface area contributed by atoms with Crippen molar-refractivity contribution in [2.45, 2.75) is 38.3 Å². The number of benzene rings is 3. The number of rotatable bonds is 11. The summed E-state index contributed by atoms with van der Waals surface area (Å²) in [5, 5.41) is 15.6. The van der Waals surface area contributed by atoms with E-state index in [1.807, 2.05) is 105 Å². The van der Waals surface area contributed by atoms with Gasteiger partial charge in [-0.15, -0.1) is 11.3 Å². The fraction of sp³-hybridized carbons (Fsp3) is 0.262. The minimum absolute atomic E-state index is 0.0168. The number of esters is 1. The third-order valence-corrected chi connectivity index (χ3v) is 11.1. The van der Waals surface area contributed by atoms with Crippen molar-refractivity contribution in [3.63, 3.8) is 0 Å². The Morgan fingerprint density at radius 3 is 2.43 bits per heavy atom. The second kappa shape index (κ2) is 14.9. The summed E-state index contributed by atoms with van der Waals surface area (Å²) in [5.41, 5.74) is 1.15. The Morgan fingerprint density at radius 1 is 1.00 bits per heavy atom. The van der Waals surface area contributed by atoms with Gasteiger partial charge in [-0.05, 0) is 60.0 Å². The number of carbonyl (C=O) groups is 3. The summed E-state index contributed by atoms with van der Waals surface area (Å²) < 4.78 is 47.9. The lowest BCUT2D eigenvalue weighted by Crippen LogP contribution is -2.34. The van der Waals surface area contributed by atoms with E-state index >= 15 is 0 Å². The van der Waals surface area contributed by atoms with Crippen molar-refractivity contribution < 1.29 is 37.4 Å². The number of fused-ring (bicyclic) bond motifs is 2. The van der Waals surface area contributed by atoms with Crippen LogP contribution in [0.2, 0.25) is 0 Å². The van der Waals surface area contributed by atoms with Crippen molar-refractivity contribution >= 4 is 68.5 Å². The van der Waals surface area contributed by atoms with E-state index < -0.39 is 45.9 Å². The largest absolute Gasteiger partial charge is 0.506 e. The van der Waals surface area contributed by atoms with E-state index in [2.05, 4.69) is 21.1 Å². The van der Waals surface area contributed by atoms with E-state index in [0.717, 1.165) is 44.8 Å². The summed E-state index contributed by atoms with van der Waals surface area (Å²) in [4.78, 5) is 47.3. The van der Waals surface area contributed by atoms with E-state index in [-0.39, 0.29) is 31.1 Å². The van der Waals surface area contributed by atoms with Crippen LogP contribution in [0.15, 0.2) is 112 Å². The van der Waals surface area contributed by atoms with Gasteiger partial charge >= 0.3 is 12.1 Å². The van der Waals surface area contributed by atoms with Gasteiger partial charge < -0.3 is 19.6 Å². The molecule has 0 unspecified atom stereocenters. The number of nitrogens with zero attached hydrogens (tertiary/aromatic N) is 5. The maximum Gasteiger partial charge on any atom is 0.435 e. The Hall–Kier alpha value is -6.02. The van der Waals surface area contributed by atoms with Crippen LogP contribution in [-0.4, -0.2) is 78.4 Å². The Labute approximate surface area is 325 Å². The zero-order valence-corrected chi connectivity index (χ0v) is 31.9. The number of carbonyl (C=O) groups excluding carboxylic acids is 3. The van der Waals surface area contributed by atoms with Crippen LogP contribution in [0.25, 0.3) is 22.4 Å². The van der Waals surface area contributed by atoms with E-state index in [1.165, 1.54) is 6.08 Å². The Bertz CT molecular complexity index is 2380. The molecule has 4 aromatic rings. The predicted molar refractivity (Wildman–Crippen MR) is 211 cm³/mol. The smallest absolute Gasteiger partial charge is 0.435 e. The molecule has 3 aromatic carbocycles. The molecule has 0 saturated heterocycles. The number of aliphatic hydroxyl groups is 1. The first-order valence-corrected chi connectivity index (χ1v) is 18.7. The number of aromatic nitrogens is 1. The maximum absolute atomic E-state index is 13.7. The van der Waals surface area contributed by atoms with Crippen LogP contribution in [0, 0.1) is 0 Å². The molecule has 1 amide bonds. The van der Waals surface area contributed by atoms with E-state index in [9.17, 15) is 32.7 Å². The molecular formula is C42H38F3N5O5S. The van der Waals surface area contributed by atoms with Crippen LogP contribution >= 0.6 is 11.3 Å². The fourth-order valence-electron chi connectivity index (χ4n) is 7.08. The average Bonchev–Trinajstić information content (AvgIpc) is 3.79. The number of thiazole rings is 1. The topological polar surface area (TPSA) is 116 Å². The predicted octanol–water partition coefficient (Wildman–Crippen LogP) is 7.99. The van der Waals surface area contributed by atoms with Crippen LogP contribution < -0.4 is 9.80 Å². The molecule has 3 heterocycles. The highest BCUT2D eigenvalue weighted by atomic mass is 32.1. The number of para-hydroxylation sites is 2. The fourth-order valence-corrected chi connectivity index (χ4v) is 7.95. The number of allylic oxidation sites excluding steroid dienone is 4. The standard InChI is InChI=1S/C42H38F3N5O5S/c1-41(2)28-10-5-7-12-30(28)50(32(41)24-27-37(52)35(38(27)53)36-39(42(43,44)45)47-49(4)40(36)54)22-23-55-34(51)14-9-21-48(3)26-18-15-25(16-19-26)17-20-33-46-29-11-6-8-13-31(29)56-33/h5-8,10-13,15-20,24,52H,9,14,21-23H2,1-4H3/b20-17+,32-24+,36-35+. The zero-order valence-electron chi connectivity index (χ0n) is 31.1. The molecule has 2 aliphatic heterocycles. The maximum atomic E-state index is 13.7. The highest BCUT2D eigenvalue weighted by Crippen LogP contribution is 2.49. The third kappa shape index (κ3) is 7.24. The minimum atomic E-state index is -5.01. The van der Waals surface area contributed by atoms with Crippen molar-refractivity contribution in [1.29, 1.82) is 0 Å². The molecule has 1 aromatic heterocycles. The van der Waals surface area contributed by atoms with Crippen LogP contribution in [0.1, 0.15) is 42.8 Å². The van der Waals surface area contributed by atoms with Crippen LogP contribution in [0.4, 0.5) is 24.5 Å². The monoisotopic (exact) mass is 781 g/mol. The lowest BCUT2D eigenvalue weighted by molar-refractivity contribution is -0.143. The number of hydrazone groups is 1. The molecule has 56 heavy (non-hydrogen) atoms. The molecular weight excluding hydrogens is 744 g/mol. The van der Waals surface area contributed by atoms with Gasteiger partial charge in [-0.1, -0.05) is 62.4 Å². The first-order chi connectivity index (χ1) is 26.6. The summed E-state index contributed by atoms with van der Waals surface area (Å²) in [5.74, 6) is -3.12. The summed E-state index contributed by atoms with van der Waals surface area (Å²) in [7, 11) is 3.01. The summed E-state index contributed by atoms with van der Waals surface area (Å²) >= 11 is 1.64. The number of likely N-dealkylation sites (N-methyl/N-ethyl adjacent to an activating group) is 1. The number of hydrogen-bond donors (Lipinski definition) is 1. The van der Waals surface area contributed by atoms with Crippen LogP contribution in [0.5, 0.6) is 0 Å². The quantitative estimate of drug-likeness (QED) is 0.120. The number of ether oxygens (including phenoxy) is 1. The Balaban J connectivity index is 0.964. The van der Waals surface area contributed by atoms with Crippen molar-refractivity contribution in [3.05, 3.63) is 123 Å². The number of aliphatic hydroxyl groups excluding tert-OH is 1. The van der Waals surface area contributed by atoms with Crippen molar-refractivity contribution in [3.8, 4) is 0 Å². The summed E-state index contributed by atoms with van der Waals surface area (Å²) in [6.45, 7) is 4.68. The van der Waals surface area contributed by atoms with Gasteiger partial charge in [0.15, 0.2) is 5.71 Å². The second-order valence-electron chi connectivity index (χ2n) is 14.1. The SMILES string of the molecule is CN1N=C(C(F)(F)F)/C(=C2\C(=O)C(/C=C3/N(CCOC(=O)CCCN(C)c4ccc(/C=C/c5nc6ccccc6s5)cc4)c4ccccc4C3(C)C)=C2O)C1=O. The number of amides is 1. The molecule has 288 valence electrons. The average molecular weight is 782 g/mol. The molecule has 3 aliphatic rings. The lowest BCUT2D eigenvalue weighted by atomic mass is 9.79. The molecule has 0 radical (unpaired) electrons. The number of hydrogen-bond acceptors (Lipinski definition) is 10. The molecule has 14 heteroatoms. The van der Waals surface area contributed by atoms with Gasteiger partial charge in [0, 0.05) is 49.5 Å². The van der Waals surface area contributed by atoms with Gasteiger partial charge in [-0.25, -0.2) is 9.99 Å². The molecule has 0 spiro atoms. The van der Waals surface area contributed by atoms with Gasteiger partial charge in [0.25, 0.3) is 5.91 Å². The number of alkyl halides is 3. The van der Waals surface area contributed by atoms with E-state index in [4.69, 9.17) is 4.74 Å².